The molecule has 1 heterocycles. The van der Waals surface area contributed by atoms with Crippen molar-refractivity contribution in [2.24, 2.45) is 0 Å². The van der Waals surface area contributed by atoms with E-state index in [2.05, 4.69) is 15.5 Å². The Morgan fingerprint density at radius 3 is 2.71 bits per heavy atom. The van der Waals surface area contributed by atoms with Gasteiger partial charge in [0.2, 0.25) is 0 Å². The molecule has 0 bridgehead atoms. The second kappa shape index (κ2) is 6.25. The highest BCUT2D eigenvalue weighted by Gasteiger charge is 2.23. The van der Waals surface area contributed by atoms with Gasteiger partial charge in [0, 0.05) is 11.8 Å². The molecule has 1 unspecified atom stereocenters. The molecule has 112 valence electrons. The summed E-state index contributed by atoms with van der Waals surface area (Å²) in [4.78, 5) is 10.9. The molecule has 0 aliphatic rings. The van der Waals surface area contributed by atoms with Crippen LogP contribution < -0.4 is 10.1 Å². The van der Waals surface area contributed by atoms with Crippen LogP contribution >= 0.6 is 0 Å². The van der Waals surface area contributed by atoms with E-state index in [0.29, 0.717) is 5.69 Å². The van der Waals surface area contributed by atoms with Crippen molar-refractivity contribution >= 4 is 11.4 Å². The molecule has 0 spiro atoms. The lowest BCUT2D eigenvalue weighted by molar-refractivity contribution is -0.385. The van der Waals surface area contributed by atoms with E-state index in [4.69, 9.17) is 4.74 Å². The summed E-state index contributed by atoms with van der Waals surface area (Å²) in [5.41, 5.74) is 1.29. The van der Waals surface area contributed by atoms with E-state index in [1.54, 1.807) is 30.6 Å². The Kier molecular flexibility index (Phi) is 4.42. The van der Waals surface area contributed by atoms with Crippen LogP contribution in [0.4, 0.5) is 11.4 Å². The topological polar surface area (TPSA) is 93.1 Å². The summed E-state index contributed by atoms with van der Waals surface area (Å²) in [5, 5.41) is 21.1. The lowest BCUT2D eigenvalue weighted by Crippen LogP contribution is -2.11. The molecule has 2 aromatic rings. The Labute approximate surface area is 122 Å². The van der Waals surface area contributed by atoms with Crippen LogP contribution in [0.2, 0.25) is 0 Å². The van der Waals surface area contributed by atoms with Crippen molar-refractivity contribution in [1.82, 2.24) is 10.2 Å². The number of aromatic nitrogens is 2. The SMILES string of the molecule is CC(C)Oc1cccc(NC(C)c2cn[nH]c2)c1[N+](=O)[O-]. The number of rotatable bonds is 6. The van der Waals surface area contributed by atoms with Crippen LogP contribution in [0.3, 0.4) is 0 Å². The molecular formula is C14H18N4O3. The van der Waals surface area contributed by atoms with Gasteiger partial charge < -0.3 is 10.1 Å². The number of hydrogen-bond donors (Lipinski definition) is 2. The fraction of sp³-hybridized carbons (Fsp3) is 0.357. The van der Waals surface area contributed by atoms with Crippen LogP contribution in [0.5, 0.6) is 5.75 Å². The van der Waals surface area contributed by atoms with Gasteiger partial charge in [-0.15, -0.1) is 0 Å². The minimum absolute atomic E-state index is 0.0541. The second-order valence-electron chi connectivity index (χ2n) is 4.97. The number of nitrogens with one attached hydrogen (secondary N) is 2. The third kappa shape index (κ3) is 3.50. The van der Waals surface area contributed by atoms with Gasteiger partial charge in [-0.25, -0.2) is 0 Å². The summed E-state index contributed by atoms with van der Waals surface area (Å²) in [6.45, 7) is 5.57. The molecule has 0 saturated carbocycles. The second-order valence-corrected chi connectivity index (χ2v) is 4.97. The Hall–Kier alpha value is -2.57. The van der Waals surface area contributed by atoms with E-state index < -0.39 is 4.92 Å². The number of nitrogens with zero attached hydrogens (tertiary/aromatic N) is 2. The highest BCUT2D eigenvalue weighted by atomic mass is 16.6. The number of aromatic amines is 1. The highest BCUT2D eigenvalue weighted by molar-refractivity contribution is 5.69. The summed E-state index contributed by atoms with van der Waals surface area (Å²) >= 11 is 0. The van der Waals surface area contributed by atoms with E-state index in [1.807, 2.05) is 20.8 Å². The molecule has 2 N–H and O–H groups in total. The lowest BCUT2D eigenvalue weighted by atomic mass is 10.1. The number of para-hydroxylation sites is 1. The predicted octanol–water partition coefficient (Wildman–Crippen LogP) is 3.28. The number of ether oxygens (including phenoxy) is 1. The van der Waals surface area contributed by atoms with Crippen molar-refractivity contribution in [3.63, 3.8) is 0 Å². The zero-order valence-corrected chi connectivity index (χ0v) is 12.2. The third-order valence-corrected chi connectivity index (χ3v) is 2.94. The number of benzene rings is 1. The summed E-state index contributed by atoms with van der Waals surface area (Å²) < 4.78 is 5.52. The van der Waals surface area contributed by atoms with Crippen molar-refractivity contribution < 1.29 is 9.66 Å². The minimum atomic E-state index is -0.428. The Balaban J connectivity index is 2.32. The van der Waals surface area contributed by atoms with Gasteiger partial charge in [-0.2, -0.15) is 5.10 Å². The van der Waals surface area contributed by atoms with Gasteiger partial charge in [0.1, 0.15) is 5.69 Å². The normalized spacial score (nSPS) is 12.2. The molecule has 1 aromatic carbocycles. The average molecular weight is 290 g/mol. The van der Waals surface area contributed by atoms with Crippen LogP contribution in [-0.2, 0) is 0 Å². The van der Waals surface area contributed by atoms with Gasteiger partial charge in [-0.3, -0.25) is 15.2 Å². The van der Waals surface area contributed by atoms with E-state index >= 15 is 0 Å². The quantitative estimate of drug-likeness (QED) is 0.629. The Morgan fingerprint density at radius 2 is 2.14 bits per heavy atom. The van der Waals surface area contributed by atoms with Gasteiger partial charge >= 0.3 is 5.69 Å². The first-order valence-corrected chi connectivity index (χ1v) is 6.68. The molecule has 0 aliphatic carbocycles. The van der Waals surface area contributed by atoms with Gasteiger partial charge in [0.15, 0.2) is 5.75 Å². The number of nitro benzene ring substituents is 1. The molecule has 0 aliphatic heterocycles. The fourth-order valence-corrected chi connectivity index (χ4v) is 1.99. The molecule has 7 nitrogen and oxygen atoms in total. The molecule has 0 saturated heterocycles. The molecule has 1 atom stereocenters. The van der Waals surface area contributed by atoms with Crippen LogP contribution in [0.15, 0.2) is 30.6 Å². The summed E-state index contributed by atoms with van der Waals surface area (Å²) in [6.07, 6.45) is 3.29. The number of H-pyrrole nitrogens is 1. The maximum absolute atomic E-state index is 11.4. The fourth-order valence-electron chi connectivity index (χ4n) is 1.99. The van der Waals surface area contributed by atoms with E-state index in [-0.39, 0.29) is 23.6 Å². The van der Waals surface area contributed by atoms with Gasteiger partial charge in [0.25, 0.3) is 0 Å². The van der Waals surface area contributed by atoms with Gasteiger partial charge in [0.05, 0.1) is 23.3 Å². The molecule has 2 rings (SSSR count). The van der Waals surface area contributed by atoms with Crippen LogP contribution in [0, 0.1) is 10.1 Å². The first-order chi connectivity index (χ1) is 9.99. The molecule has 0 radical (unpaired) electrons. The lowest BCUT2D eigenvalue weighted by Gasteiger charge is -2.16. The molecule has 0 amide bonds. The van der Waals surface area contributed by atoms with Crippen molar-refractivity contribution in [3.05, 3.63) is 46.3 Å². The first-order valence-electron chi connectivity index (χ1n) is 6.68. The monoisotopic (exact) mass is 290 g/mol. The highest BCUT2D eigenvalue weighted by Crippen LogP contribution is 2.36. The van der Waals surface area contributed by atoms with Gasteiger partial charge in [-0.05, 0) is 32.9 Å². The standard InChI is InChI=1S/C14H18N4O3/c1-9(2)21-13-6-4-5-12(14(13)18(19)20)17-10(3)11-7-15-16-8-11/h4-10,17H,1-3H3,(H,15,16). The molecule has 21 heavy (non-hydrogen) atoms. The van der Waals surface area contributed by atoms with Crippen molar-refractivity contribution in [1.29, 1.82) is 0 Å². The van der Waals surface area contributed by atoms with Crippen molar-refractivity contribution in [2.45, 2.75) is 32.9 Å². The number of hydrogen-bond acceptors (Lipinski definition) is 5. The molecule has 7 heteroatoms. The minimum Gasteiger partial charge on any atom is -0.484 e. The smallest absolute Gasteiger partial charge is 0.333 e. The third-order valence-electron chi connectivity index (χ3n) is 2.94. The number of anilines is 1. The maximum Gasteiger partial charge on any atom is 0.333 e. The predicted molar refractivity (Wildman–Crippen MR) is 79.5 cm³/mol. The van der Waals surface area contributed by atoms with E-state index in [9.17, 15) is 10.1 Å². The maximum atomic E-state index is 11.4. The molecule has 0 fully saturated rings. The molecule has 1 aromatic heterocycles. The zero-order chi connectivity index (χ0) is 15.4. The largest absolute Gasteiger partial charge is 0.484 e. The van der Waals surface area contributed by atoms with Crippen LogP contribution in [0.25, 0.3) is 0 Å². The summed E-state index contributed by atoms with van der Waals surface area (Å²) in [7, 11) is 0. The van der Waals surface area contributed by atoms with E-state index in [1.165, 1.54) is 0 Å². The average Bonchev–Trinajstić information content (AvgIpc) is 2.91. The van der Waals surface area contributed by atoms with Crippen LogP contribution in [-0.4, -0.2) is 21.2 Å². The zero-order valence-electron chi connectivity index (χ0n) is 12.2. The van der Waals surface area contributed by atoms with Crippen molar-refractivity contribution in [2.75, 3.05) is 5.32 Å². The van der Waals surface area contributed by atoms with Crippen molar-refractivity contribution in [3.8, 4) is 5.75 Å². The van der Waals surface area contributed by atoms with E-state index in [0.717, 1.165) is 5.56 Å². The summed E-state index contributed by atoms with van der Waals surface area (Å²) in [5.74, 6) is 0.263. The summed E-state index contributed by atoms with van der Waals surface area (Å²) in [6, 6.07) is 4.89. The van der Waals surface area contributed by atoms with Crippen LogP contribution in [0.1, 0.15) is 32.4 Å². The molecular weight excluding hydrogens is 272 g/mol. The first kappa shape index (κ1) is 14.8. The Bertz CT molecular complexity index is 611. The number of nitro groups is 1. The van der Waals surface area contributed by atoms with Gasteiger partial charge in [-0.1, -0.05) is 6.07 Å². The Morgan fingerprint density at radius 1 is 1.38 bits per heavy atom.